The van der Waals surface area contributed by atoms with Crippen molar-refractivity contribution in [1.82, 2.24) is 5.32 Å². The zero-order valence-electron chi connectivity index (χ0n) is 23.9. The number of Topliss-reactive ketones (excluding diaryl/α,β-unsaturated/α-hetero) is 1. The quantitative estimate of drug-likeness (QED) is 0.193. The van der Waals surface area contributed by atoms with E-state index in [-0.39, 0.29) is 18.9 Å². The maximum absolute atomic E-state index is 13.2. The van der Waals surface area contributed by atoms with Crippen LogP contribution < -0.4 is 5.32 Å². The van der Waals surface area contributed by atoms with Crippen LogP contribution in [0.5, 0.6) is 0 Å². The van der Waals surface area contributed by atoms with Crippen LogP contribution in [-0.2, 0) is 44.7 Å². The van der Waals surface area contributed by atoms with Gasteiger partial charge in [-0.1, -0.05) is 44.2 Å². The number of nitrogens with one attached hydrogen (secondary N) is 1. The van der Waals surface area contributed by atoms with Gasteiger partial charge in [0.25, 0.3) is 0 Å². The summed E-state index contributed by atoms with van der Waals surface area (Å²) in [4.78, 5) is 51.2. The van der Waals surface area contributed by atoms with E-state index in [2.05, 4.69) is 14.8 Å². The van der Waals surface area contributed by atoms with Gasteiger partial charge in [0.2, 0.25) is 5.91 Å². The lowest BCUT2D eigenvalue weighted by Gasteiger charge is -2.25. The fourth-order valence-electron chi connectivity index (χ4n) is 3.74. The molecular formula is C28H39F4NO8. The standard InChI is InChI=1S/C28H39F4NO8/c1-17(2)11-19(25(37)38-14-18-9-7-6-8-10-18)12-22(34)21(16-40-27(31)32)33-24(36)20(15-39-26(29)30)13-23(35)41-28(3,4)5/h6-10,17,19-21,26-27H,11-16H2,1-5H3,(H,33,36)/t19-,20+,21+/m1/s1. The van der Waals surface area contributed by atoms with E-state index in [4.69, 9.17) is 9.47 Å². The second-order valence-electron chi connectivity index (χ2n) is 10.8. The van der Waals surface area contributed by atoms with Crippen LogP contribution in [0.25, 0.3) is 0 Å². The molecule has 1 N–H and O–H groups in total. The van der Waals surface area contributed by atoms with Gasteiger partial charge in [0.05, 0.1) is 31.5 Å². The van der Waals surface area contributed by atoms with Crippen molar-refractivity contribution in [2.24, 2.45) is 17.8 Å². The molecule has 0 aliphatic heterocycles. The molecule has 0 aliphatic carbocycles. The molecule has 0 spiro atoms. The molecule has 0 aliphatic rings. The number of carbonyl (C=O) groups is 4. The number of rotatable bonds is 18. The first-order valence-corrected chi connectivity index (χ1v) is 13.1. The largest absolute Gasteiger partial charge is 0.461 e. The van der Waals surface area contributed by atoms with Crippen LogP contribution in [-0.4, -0.2) is 61.7 Å². The van der Waals surface area contributed by atoms with Crippen molar-refractivity contribution < 1.29 is 55.7 Å². The van der Waals surface area contributed by atoms with Crippen molar-refractivity contribution >= 4 is 23.6 Å². The summed E-state index contributed by atoms with van der Waals surface area (Å²) in [7, 11) is 0. The van der Waals surface area contributed by atoms with Crippen LogP contribution in [0.3, 0.4) is 0 Å². The minimum Gasteiger partial charge on any atom is -0.461 e. The minimum absolute atomic E-state index is 0.0480. The molecule has 1 aromatic rings. The Kier molecular flexibility index (Phi) is 15.5. The molecule has 0 unspecified atom stereocenters. The lowest BCUT2D eigenvalue weighted by Crippen LogP contribution is -2.48. The monoisotopic (exact) mass is 593 g/mol. The number of amides is 1. The van der Waals surface area contributed by atoms with Crippen LogP contribution in [0.1, 0.15) is 59.4 Å². The molecule has 1 amide bonds. The zero-order valence-corrected chi connectivity index (χ0v) is 23.9. The Bertz CT molecular complexity index is 970. The highest BCUT2D eigenvalue weighted by atomic mass is 19.3. The van der Waals surface area contributed by atoms with E-state index in [1.165, 1.54) is 0 Å². The van der Waals surface area contributed by atoms with Crippen LogP contribution in [0.2, 0.25) is 0 Å². The van der Waals surface area contributed by atoms with Gasteiger partial charge >= 0.3 is 25.2 Å². The number of carbonyl (C=O) groups excluding carboxylic acids is 4. The summed E-state index contributed by atoms with van der Waals surface area (Å²) in [5, 5.41) is 2.19. The second-order valence-corrected chi connectivity index (χ2v) is 10.8. The number of halogens is 4. The molecular weight excluding hydrogens is 554 g/mol. The van der Waals surface area contributed by atoms with E-state index < -0.39 is 86.4 Å². The smallest absolute Gasteiger partial charge is 0.345 e. The number of benzene rings is 1. The zero-order chi connectivity index (χ0) is 31.2. The summed E-state index contributed by atoms with van der Waals surface area (Å²) in [5.41, 5.74) is -0.223. The summed E-state index contributed by atoms with van der Waals surface area (Å²) in [6.45, 7) is -0.179. The number of hydrogen-bond donors (Lipinski definition) is 1. The van der Waals surface area contributed by atoms with Crippen molar-refractivity contribution in [3.63, 3.8) is 0 Å². The molecule has 41 heavy (non-hydrogen) atoms. The molecule has 0 heterocycles. The van der Waals surface area contributed by atoms with E-state index in [9.17, 15) is 36.7 Å². The normalized spacial score (nSPS) is 14.0. The molecule has 0 fully saturated rings. The first-order valence-electron chi connectivity index (χ1n) is 13.1. The Morgan fingerprint density at radius 2 is 1.44 bits per heavy atom. The highest BCUT2D eigenvalue weighted by Crippen LogP contribution is 2.21. The lowest BCUT2D eigenvalue weighted by atomic mass is 9.90. The number of alkyl halides is 4. The van der Waals surface area contributed by atoms with Gasteiger partial charge in [0.1, 0.15) is 18.2 Å². The fourth-order valence-corrected chi connectivity index (χ4v) is 3.74. The summed E-state index contributed by atoms with van der Waals surface area (Å²) >= 11 is 0. The van der Waals surface area contributed by atoms with Gasteiger partial charge in [0, 0.05) is 6.42 Å². The van der Waals surface area contributed by atoms with Crippen molar-refractivity contribution in [1.29, 1.82) is 0 Å². The SMILES string of the molecule is CC(C)C[C@H](CC(=O)[C@H](COC(F)F)NC(=O)[C@H](COC(F)F)CC(=O)OC(C)(C)C)C(=O)OCc1ccccc1. The van der Waals surface area contributed by atoms with Crippen molar-refractivity contribution in [3.05, 3.63) is 35.9 Å². The topological polar surface area (TPSA) is 117 Å². The number of ether oxygens (including phenoxy) is 4. The summed E-state index contributed by atoms with van der Waals surface area (Å²) in [6, 6.07) is 7.12. The van der Waals surface area contributed by atoms with Gasteiger partial charge in [-0.05, 0) is 38.7 Å². The van der Waals surface area contributed by atoms with E-state index >= 15 is 0 Å². The van der Waals surface area contributed by atoms with E-state index in [1.807, 2.05) is 13.8 Å². The maximum atomic E-state index is 13.2. The first-order chi connectivity index (χ1) is 19.1. The molecule has 13 heteroatoms. The average molecular weight is 594 g/mol. The Morgan fingerprint density at radius 3 is 1.98 bits per heavy atom. The second kappa shape index (κ2) is 17.7. The van der Waals surface area contributed by atoms with Crippen molar-refractivity contribution in [3.8, 4) is 0 Å². The van der Waals surface area contributed by atoms with Gasteiger partial charge < -0.3 is 24.3 Å². The van der Waals surface area contributed by atoms with Gasteiger partial charge in [-0.25, -0.2) is 0 Å². The lowest BCUT2D eigenvalue weighted by molar-refractivity contribution is -0.165. The maximum Gasteiger partial charge on any atom is 0.345 e. The molecule has 0 saturated carbocycles. The molecule has 0 radical (unpaired) electrons. The van der Waals surface area contributed by atoms with Crippen LogP contribution in [0.15, 0.2) is 30.3 Å². The third-order valence-electron chi connectivity index (χ3n) is 5.48. The number of ketones is 1. The van der Waals surface area contributed by atoms with E-state index in [1.54, 1.807) is 51.1 Å². The summed E-state index contributed by atoms with van der Waals surface area (Å²) in [6.07, 6.45) is -0.943. The minimum atomic E-state index is -3.29. The predicted molar refractivity (Wildman–Crippen MR) is 139 cm³/mol. The third kappa shape index (κ3) is 16.1. The van der Waals surface area contributed by atoms with Gasteiger partial charge in [-0.15, -0.1) is 0 Å². The fraction of sp³-hybridized carbons (Fsp3) is 0.643. The highest BCUT2D eigenvalue weighted by Gasteiger charge is 2.33. The number of esters is 2. The molecule has 3 atom stereocenters. The van der Waals surface area contributed by atoms with Gasteiger partial charge in [0.15, 0.2) is 5.78 Å². The predicted octanol–water partition coefficient (Wildman–Crippen LogP) is 4.66. The Labute approximate surface area is 237 Å². The molecule has 0 aromatic heterocycles. The van der Waals surface area contributed by atoms with E-state index in [0.29, 0.717) is 5.56 Å². The van der Waals surface area contributed by atoms with Gasteiger partial charge in [-0.3, -0.25) is 19.2 Å². The molecule has 0 saturated heterocycles. The van der Waals surface area contributed by atoms with Crippen LogP contribution in [0, 0.1) is 17.8 Å². The summed E-state index contributed by atoms with van der Waals surface area (Å²) < 4.78 is 70.0. The molecule has 0 bridgehead atoms. The van der Waals surface area contributed by atoms with Gasteiger partial charge in [-0.2, -0.15) is 17.6 Å². The van der Waals surface area contributed by atoms with Crippen molar-refractivity contribution in [2.45, 2.75) is 85.4 Å². The number of hydrogen-bond acceptors (Lipinski definition) is 8. The molecule has 232 valence electrons. The first kappa shape index (κ1) is 36.0. The van der Waals surface area contributed by atoms with E-state index in [0.717, 1.165) is 0 Å². The Balaban J connectivity index is 3.05. The summed E-state index contributed by atoms with van der Waals surface area (Å²) in [5.74, 6) is -6.07. The molecule has 1 aromatic carbocycles. The molecule has 1 rings (SSSR count). The van der Waals surface area contributed by atoms with Crippen LogP contribution >= 0.6 is 0 Å². The Hall–Kier alpha value is -3.06. The van der Waals surface area contributed by atoms with Crippen LogP contribution in [0.4, 0.5) is 17.6 Å². The Morgan fingerprint density at radius 1 is 0.854 bits per heavy atom. The van der Waals surface area contributed by atoms with Crippen molar-refractivity contribution in [2.75, 3.05) is 13.2 Å². The highest BCUT2D eigenvalue weighted by molar-refractivity contribution is 5.93. The average Bonchev–Trinajstić information content (AvgIpc) is 2.85. The third-order valence-corrected chi connectivity index (χ3v) is 5.48. The molecule has 9 nitrogen and oxygen atoms in total.